The lowest BCUT2D eigenvalue weighted by molar-refractivity contribution is 0.343. The topological polar surface area (TPSA) is 97.5 Å². The zero-order valence-corrected chi connectivity index (χ0v) is 18.3. The van der Waals surface area contributed by atoms with Gasteiger partial charge in [0.05, 0.1) is 11.9 Å². The van der Waals surface area contributed by atoms with Crippen molar-refractivity contribution in [3.05, 3.63) is 41.6 Å². The van der Waals surface area contributed by atoms with E-state index in [-0.39, 0.29) is 0 Å². The Morgan fingerprint density at radius 3 is 2.84 bits per heavy atom. The molecule has 162 valence electrons. The van der Waals surface area contributed by atoms with E-state index in [1.165, 1.54) is 25.7 Å². The number of nitrogens with one attached hydrogen (secondary N) is 1. The van der Waals surface area contributed by atoms with Gasteiger partial charge in [-0.15, -0.1) is 5.10 Å². The molecule has 31 heavy (non-hydrogen) atoms. The molecule has 9 nitrogen and oxygen atoms in total. The molecule has 1 saturated carbocycles. The molecule has 2 aliphatic rings. The van der Waals surface area contributed by atoms with Gasteiger partial charge in [0.25, 0.3) is 0 Å². The second kappa shape index (κ2) is 8.74. The quantitative estimate of drug-likeness (QED) is 0.560. The molecule has 1 saturated heterocycles. The molecule has 0 amide bonds. The minimum Gasteiger partial charge on any atom is -0.370 e. The highest BCUT2D eigenvalue weighted by Crippen LogP contribution is 2.49. The first-order chi connectivity index (χ1) is 15.2. The Kier molecular flexibility index (Phi) is 5.67. The van der Waals surface area contributed by atoms with Gasteiger partial charge in [0.2, 0.25) is 5.95 Å². The fourth-order valence-corrected chi connectivity index (χ4v) is 4.85. The first-order valence-electron chi connectivity index (χ1n) is 10.8. The van der Waals surface area contributed by atoms with Crippen molar-refractivity contribution in [1.29, 1.82) is 0 Å². The van der Waals surface area contributed by atoms with Crippen LogP contribution in [0.5, 0.6) is 0 Å². The average Bonchev–Trinajstić information content (AvgIpc) is 3.34. The molecule has 0 spiro atoms. The van der Waals surface area contributed by atoms with Crippen LogP contribution in [0.4, 0.5) is 11.8 Å². The van der Waals surface area contributed by atoms with Gasteiger partial charge in [-0.25, -0.2) is 15.0 Å². The van der Waals surface area contributed by atoms with E-state index in [0.29, 0.717) is 5.15 Å². The lowest BCUT2D eigenvalue weighted by Crippen LogP contribution is -2.35. The number of halogens is 1. The van der Waals surface area contributed by atoms with Crippen LogP contribution in [0.2, 0.25) is 5.15 Å². The highest BCUT2D eigenvalue weighted by Gasteiger charge is 2.43. The first-order valence-corrected chi connectivity index (χ1v) is 11.2. The van der Waals surface area contributed by atoms with Crippen molar-refractivity contribution < 1.29 is 0 Å². The van der Waals surface area contributed by atoms with Crippen molar-refractivity contribution >= 4 is 23.4 Å². The van der Waals surface area contributed by atoms with E-state index in [1.54, 1.807) is 29.5 Å². The maximum absolute atomic E-state index is 6.01. The van der Waals surface area contributed by atoms with Crippen LogP contribution >= 0.6 is 11.6 Å². The van der Waals surface area contributed by atoms with Gasteiger partial charge < -0.3 is 10.2 Å². The third kappa shape index (κ3) is 4.61. The lowest BCUT2D eigenvalue weighted by Gasteiger charge is -2.32. The van der Waals surface area contributed by atoms with E-state index in [1.807, 2.05) is 6.07 Å². The molecule has 0 aromatic carbocycles. The smallest absolute Gasteiger partial charge is 0.226 e. The number of tetrazole rings is 1. The normalized spacial score (nSPS) is 21.3. The molecule has 2 atom stereocenters. The molecule has 3 aromatic rings. The Bertz CT molecular complexity index is 1020. The van der Waals surface area contributed by atoms with Gasteiger partial charge in [-0.2, -0.15) is 4.68 Å². The molecule has 5 rings (SSSR count). The van der Waals surface area contributed by atoms with E-state index in [4.69, 9.17) is 11.6 Å². The molecule has 2 fully saturated rings. The van der Waals surface area contributed by atoms with E-state index in [0.717, 1.165) is 60.4 Å². The summed E-state index contributed by atoms with van der Waals surface area (Å²) in [5, 5.41) is 15.3. The monoisotopic (exact) mass is 439 g/mol. The molecule has 10 heteroatoms. The fraction of sp³-hybridized carbons (Fsp3) is 0.524. The van der Waals surface area contributed by atoms with Crippen LogP contribution < -0.4 is 10.2 Å². The Hall–Kier alpha value is -2.81. The summed E-state index contributed by atoms with van der Waals surface area (Å²) in [4.78, 5) is 15.5. The van der Waals surface area contributed by atoms with Gasteiger partial charge in [0.15, 0.2) is 0 Å². The molecular formula is C21H26ClN9. The van der Waals surface area contributed by atoms with Crippen LogP contribution in [0, 0.1) is 24.7 Å². The van der Waals surface area contributed by atoms with Crippen molar-refractivity contribution in [2.24, 2.45) is 17.8 Å². The number of aromatic nitrogens is 7. The number of rotatable bonds is 7. The minimum absolute atomic E-state index is 0.511. The first kappa shape index (κ1) is 20.1. The summed E-state index contributed by atoms with van der Waals surface area (Å²) in [5.41, 5.74) is 1.96. The van der Waals surface area contributed by atoms with Crippen LogP contribution in [0.1, 0.15) is 31.2 Å². The van der Waals surface area contributed by atoms with E-state index >= 15 is 0 Å². The maximum Gasteiger partial charge on any atom is 0.226 e. The number of piperidine rings is 1. The number of hydrogen-bond acceptors (Lipinski definition) is 8. The molecule has 1 aliphatic carbocycles. The molecule has 3 aromatic heterocycles. The zero-order valence-electron chi connectivity index (χ0n) is 17.5. The molecular weight excluding hydrogens is 414 g/mol. The van der Waals surface area contributed by atoms with Crippen molar-refractivity contribution in [2.75, 3.05) is 29.9 Å². The van der Waals surface area contributed by atoms with Gasteiger partial charge in [-0.05, 0) is 78.5 Å². The van der Waals surface area contributed by atoms with Gasteiger partial charge >= 0.3 is 0 Å². The molecule has 0 radical (unpaired) electrons. The van der Waals surface area contributed by atoms with E-state index in [2.05, 4.69) is 47.6 Å². The third-order valence-corrected chi connectivity index (χ3v) is 6.71. The Labute approximate surface area is 186 Å². The highest BCUT2D eigenvalue weighted by atomic mass is 35.5. The summed E-state index contributed by atoms with van der Waals surface area (Å²) in [5.74, 6) is 4.20. The van der Waals surface area contributed by atoms with Crippen molar-refractivity contribution in [3.63, 3.8) is 0 Å². The lowest BCUT2D eigenvalue weighted by atomic mass is 9.90. The van der Waals surface area contributed by atoms with Gasteiger partial charge in [0.1, 0.15) is 17.3 Å². The van der Waals surface area contributed by atoms with Gasteiger partial charge in [-0.3, -0.25) is 0 Å². The van der Waals surface area contributed by atoms with Crippen LogP contribution in [-0.4, -0.2) is 54.8 Å². The van der Waals surface area contributed by atoms with E-state index in [9.17, 15) is 0 Å². The summed E-state index contributed by atoms with van der Waals surface area (Å²) >= 11 is 6.01. The average molecular weight is 440 g/mol. The van der Waals surface area contributed by atoms with E-state index < -0.39 is 0 Å². The largest absolute Gasteiger partial charge is 0.370 e. The molecule has 1 aliphatic heterocycles. The van der Waals surface area contributed by atoms with Crippen LogP contribution in [0.25, 0.3) is 5.69 Å². The third-order valence-electron chi connectivity index (χ3n) is 6.50. The predicted octanol–water partition coefficient (Wildman–Crippen LogP) is 3.16. The molecule has 1 N–H and O–H groups in total. The predicted molar refractivity (Wildman–Crippen MR) is 118 cm³/mol. The summed E-state index contributed by atoms with van der Waals surface area (Å²) in [7, 11) is 0. The maximum atomic E-state index is 6.01. The van der Waals surface area contributed by atoms with Gasteiger partial charge in [-0.1, -0.05) is 11.6 Å². The number of pyridine rings is 1. The van der Waals surface area contributed by atoms with Crippen molar-refractivity contribution in [2.45, 2.75) is 32.6 Å². The van der Waals surface area contributed by atoms with Gasteiger partial charge in [0, 0.05) is 25.8 Å². The summed E-state index contributed by atoms with van der Waals surface area (Å²) in [6.45, 7) is 5.04. The summed E-state index contributed by atoms with van der Waals surface area (Å²) in [6, 6.07) is 3.77. The fourth-order valence-electron chi connectivity index (χ4n) is 4.71. The number of anilines is 2. The SMILES string of the molecule is Cc1cc(-n2cnnn2)cnc1NCC[C@@H]1C[C@@H]1C1CCN(c2nccc(Cl)n2)CC1. The van der Waals surface area contributed by atoms with Crippen molar-refractivity contribution in [3.8, 4) is 5.69 Å². The number of aryl methyl sites for hydroxylation is 1. The second-order valence-corrected chi connectivity index (χ2v) is 8.88. The number of hydrogen-bond donors (Lipinski definition) is 1. The number of nitrogens with zero attached hydrogens (tertiary/aromatic N) is 8. The Morgan fingerprint density at radius 2 is 2.10 bits per heavy atom. The standard InChI is InChI=1S/C21H26ClN9/c1-14-10-17(31-13-26-28-29-31)12-25-20(14)23-6-2-16-11-18(16)15-4-8-30(9-5-15)21-24-7-3-19(22)27-21/h3,7,10,12-13,15-16,18H,2,4-6,8-9,11H2,1H3,(H,23,25)/t16-,18-/m1/s1. The van der Waals surface area contributed by atoms with Crippen LogP contribution in [0.15, 0.2) is 30.9 Å². The second-order valence-electron chi connectivity index (χ2n) is 8.49. The molecule has 4 heterocycles. The van der Waals surface area contributed by atoms with Crippen molar-refractivity contribution in [1.82, 2.24) is 35.2 Å². The highest BCUT2D eigenvalue weighted by molar-refractivity contribution is 6.29. The summed E-state index contributed by atoms with van der Waals surface area (Å²) < 4.78 is 1.61. The Morgan fingerprint density at radius 1 is 1.23 bits per heavy atom. The minimum atomic E-state index is 0.511. The summed E-state index contributed by atoms with van der Waals surface area (Å²) in [6.07, 6.45) is 10.1. The van der Waals surface area contributed by atoms with Crippen LogP contribution in [0.3, 0.4) is 0 Å². The molecule has 0 unspecified atom stereocenters. The zero-order chi connectivity index (χ0) is 21.2. The molecule has 0 bridgehead atoms. The van der Waals surface area contributed by atoms with Crippen LogP contribution in [-0.2, 0) is 0 Å². The Balaban J connectivity index is 1.06.